The molecule has 1 N–H and O–H groups in total. The quantitative estimate of drug-likeness (QED) is 0.379. The number of H-pyrrole nitrogens is 1. The molecule has 0 fully saturated rings. The van der Waals surface area contributed by atoms with Gasteiger partial charge < -0.3 is 0 Å². The molecule has 5 rings (SSSR count). The Morgan fingerprint density at radius 3 is 2.36 bits per heavy atom. The number of hydrogen-bond donors (Lipinski definition) is 1. The van der Waals surface area contributed by atoms with Gasteiger partial charge >= 0.3 is 0 Å². The topological polar surface area (TPSA) is 68.5 Å². The van der Waals surface area contributed by atoms with Crippen LogP contribution in [0.25, 0.3) is 22.0 Å². The summed E-state index contributed by atoms with van der Waals surface area (Å²) in [4.78, 5) is 13.3. The van der Waals surface area contributed by atoms with Crippen LogP contribution in [0.1, 0.15) is 22.5 Å². The highest BCUT2D eigenvalue weighted by Crippen LogP contribution is 2.26. The number of aryl methyl sites for hydroxylation is 2. The maximum Gasteiger partial charge on any atom is 0.275 e. The Balaban J connectivity index is 1.63. The molecular formula is C26H23N5OS. The third-order valence-electron chi connectivity index (χ3n) is 5.96. The van der Waals surface area contributed by atoms with Gasteiger partial charge in [-0.2, -0.15) is 10.2 Å². The predicted molar refractivity (Wildman–Crippen MR) is 133 cm³/mol. The highest BCUT2D eigenvalue weighted by Gasteiger charge is 2.15. The van der Waals surface area contributed by atoms with Crippen molar-refractivity contribution < 1.29 is 0 Å². The molecular weight excluding hydrogens is 430 g/mol. The van der Waals surface area contributed by atoms with Crippen molar-refractivity contribution in [2.24, 2.45) is 0 Å². The second-order valence-electron chi connectivity index (χ2n) is 8.17. The van der Waals surface area contributed by atoms with Gasteiger partial charge in [-0.05, 0) is 54.9 Å². The fraction of sp³-hybridized carbons (Fsp3) is 0.154. The molecule has 3 aromatic carbocycles. The van der Waals surface area contributed by atoms with Gasteiger partial charge in [0, 0.05) is 10.9 Å². The molecule has 2 aromatic heterocycles. The molecule has 0 radical (unpaired) electrons. The fourth-order valence-electron chi connectivity index (χ4n) is 3.98. The summed E-state index contributed by atoms with van der Waals surface area (Å²) in [6.45, 7) is 4.94. The van der Waals surface area contributed by atoms with Crippen molar-refractivity contribution in [1.29, 1.82) is 0 Å². The first-order valence-corrected chi connectivity index (χ1v) is 11.2. The van der Waals surface area contributed by atoms with E-state index < -0.39 is 0 Å². The Labute approximate surface area is 196 Å². The van der Waals surface area contributed by atoms with Gasteiger partial charge in [0.2, 0.25) is 0 Å². The summed E-state index contributed by atoms with van der Waals surface area (Å²) >= 11 is 5.46. The molecule has 0 unspecified atom stereocenters. The zero-order chi connectivity index (χ0) is 22.9. The van der Waals surface area contributed by atoms with Crippen LogP contribution < -0.4 is 5.56 Å². The molecule has 0 saturated heterocycles. The maximum absolute atomic E-state index is 13.3. The SMILES string of the molecule is Cc1ccc(-c2nn(Cc3n[nH]c(=S)n3Cc3ccccc3)c(=O)c3ccccc23)cc1C. The average molecular weight is 454 g/mol. The third-order valence-corrected chi connectivity index (χ3v) is 6.27. The van der Waals surface area contributed by atoms with E-state index in [-0.39, 0.29) is 12.1 Å². The van der Waals surface area contributed by atoms with E-state index in [0.29, 0.717) is 22.5 Å². The number of nitrogens with zero attached hydrogens (tertiary/aromatic N) is 4. The standard InChI is InChI=1S/C26H23N5OS/c1-17-12-13-20(14-18(17)2)24-21-10-6-7-11-22(21)25(32)31(29-24)16-23-27-28-26(33)30(23)15-19-8-4-3-5-9-19/h3-14H,15-16H2,1-2H3,(H,28,33). The summed E-state index contributed by atoms with van der Waals surface area (Å²) in [5.41, 5.74) is 5.10. The van der Waals surface area contributed by atoms with Crippen molar-refractivity contribution in [1.82, 2.24) is 24.5 Å². The van der Waals surface area contributed by atoms with Gasteiger partial charge in [0.25, 0.3) is 5.56 Å². The van der Waals surface area contributed by atoms with Crippen molar-refractivity contribution in [2.75, 3.05) is 0 Å². The van der Waals surface area contributed by atoms with Crippen LogP contribution in [0.15, 0.2) is 77.6 Å². The molecule has 0 atom stereocenters. The summed E-state index contributed by atoms with van der Waals surface area (Å²) in [5.74, 6) is 0.653. The smallest absolute Gasteiger partial charge is 0.275 e. The second kappa shape index (κ2) is 8.60. The molecule has 33 heavy (non-hydrogen) atoms. The van der Waals surface area contributed by atoms with E-state index in [4.69, 9.17) is 17.3 Å². The van der Waals surface area contributed by atoms with E-state index in [2.05, 4.69) is 42.2 Å². The summed E-state index contributed by atoms with van der Waals surface area (Å²) in [5, 5.41) is 13.5. The van der Waals surface area contributed by atoms with Gasteiger partial charge in [-0.3, -0.25) is 14.5 Å². The normalized spacial score (nSPS) is 11.2. The molecule has 0 aliphatic carbocycles. The molecule has 7 heteroatoms. The van der Waals surface area contributed by atoms with Crippen LogP contribution in [0.5, 0.6) is 0 Å². The molecule has 0 aliphatic rings. The second-order valence-corrected chi connectivity index (χ2v) is 8.56. The Hall–Kier alpha value is -3.84. The van der Waals surface area contributed by atoms with Crippen LogP contribution >= 0.6 is 12.2 Å². The van der Waals surface area contributed by atoms with Gasteiger partial charge in [0.15, 0.2) is 10.6 Å². The minimum absolute atomic E-state index is 0.154. The van der Waals surface area contributed by atoms with E-state index in [9.17, 15) is 4.79 Å². The number of hydrogen-bond acceptors (Lipinski definition) is 4. The van der Waals surface area contributed by atoms with Crippen LogP contribution in [-0.4, -0.2) is 24.5 Å². The maximum atomic E-state index is 13.3. The minimum Gasteiger partial charge on any atom is -0.298 e. The van der Waals surface area contributed by atoms with Crippen LogP contribution in [0, 0.1) is 18.6 Å². The van der Waals surface area contributed by atoms with E-state index >= 15 is 0 Å². The van der Waals surface area contributed by atoms with Crippen molar-refractivity contribution in [3.8, 4) is 11.3 Å². The van der Waals surface area contributed by atoms with E-state index in [1.165, 1.54) is 15.8 Å². The highest BCUT2D eigenvalue weighted by molar-refractivity contribution is 7.71. The molecule has 0 saturated carbocycles. The number of rotatable bonds is 5. The summed E-state index contributed by atoms with van der Waals surface area (Å²) < 4.78 is 3.90. The monoisotopic (exact) mass is 453 g/mol. The van der Waals surface area contributed by atoms with Crippen molar-refractivity contribution in [2.45, 2.75) is 26.9 Å². The Kier molecular flexibility index (Phi) is 5.48. The number of aromatic nitrogens is 5. The van der Waals surface area contributed by atoms with Crippen molar-refractivity contribution in [3.63, 3.8) is 0 Å². The number of fused-ring (bicyclic) bond motifs is 1. The third kappa shape index (κ3) is 4.03. The van der Waals surface area contributed by atoms with Gasteiger partial charge in [-0.15, -0.1) is 0 Å². The van der Waals surface area contributed by atoms with Gasteiger partial charge in [-0.1, -0.05) is 60.7 Å². The lowest BCUT2D eigenvalue weighted by Crippen LogP contribution is -2.26. The molecule has 164 valence electrons. The van der Waals surface area contributed by atoms with E-state index in [1.807, 2.05) is 59.2 Å². The number of nitrogens with one attached hydrogen (secondary N) is 1. The lowest BCUT2D eigenvalue weighted by molar-refractivity contribution is 0.591. The first-order chi connectivity index (χ1) is 16.0. The molecule has 6 nitrogen and oxygen atoms in total. The first-order valence-electron chi connectivity index (χ1n) is 10.8. The van der Waals surface area contributed by atoms with E-state index in [0.717, 1.165) is 22.2 Å². The minimum atomic E-state index is -0.154. The fourth-order valence-corrected chi connectivity index (χ4v) is 4.19. The Morgan fingerprint density at radius 2 is 1.61 bits per heavy atom. The largest absolute Gasteiger partial charge is 0.298 e. The number of benzene rings is 3. The lowest BCUT2D eigenvalue weighted by atomic mass is 10.0. The van der Waals surface area contributed by atoms with Crippen LogP contribution in [0.2, 0.25) is 0 Å². The summed E-state index contributed by atoms with van der Waals surface area (Å²) in [6, 6.07) is 23.9. The molecule has 0 aliphatic heterocycles. The van der Waals surface area contributed by atoms with Crippen molar-refractivity contribution in [3.05, 3.63) is 110 Å². The lowest BCUT2D eigenvalue weighted by Gasteiger charge is -2.13. The van der Waals surface area contributed by atoms with Crippen LogP contribution in [-0.2, 0) is 13.1 Å². The number of aromatic amines is 1. The predicted octanol–water partition coefficient (Wildman–Crippen LogP) is 5.03. The van der Waals surface area contributed by atoms with Crippen molar-refractivity contribution >= 4 is 23.0 Å². The first kappa shape index (κ1) is 21.0. The summed E-state index contributed by atoms with van der Waals surface area (Å²) in [7, 11) is 0. The van der Waals surface area contributed by atoms with Crippen LogP contribution in [0.4, 0.5) is 0 Å². The Bertz CT molecular complexity index is 1580. The molecule has 0 bridgehead atoms. The molecule has 0 spiro atoms. The highest BCUT2D eigenvalue weighted by atomic mass is 32.1. The molecule has 5 aromatic rings. The summed E-state index contributed by atoms with van der Waals surface area (Å²) in [6.07, 6.45) is 0. The zero-order valence-corrected chi connectivity index (χ0v) is 19.3. The Morgan fingerprint density at radius 1 is 0.879 bits per heavy atom. The zero-order valence-electron chi connectivity index (χ0n) is 18.4. The molecule has 2 heterocycles. The molecule has 0 amide bonds. The van der Waals surface area contributed by atoms with E-state index in [1.54, 1.807) is 0 Å². The van der Waals surface area contributed by atoms with Gasteiger partial charge in [0.1, 0.15) is 6.54 Å². The van der Waals surface area contributed by atoms with Gasteiger partial charge in [0.05, 0.1) is 17.6 Å². The van der Waals surface area contributed by atoms with Crippen LogP contribution in [0.3, 0.4) is 0 Å². The average Bonchev–Trinajstić information content (AvgIpc) is 3.17. The van der Waals surface area contributed by atoms with Gasteiger partial charge in [-0.25, -0.2) is 4.68 Å².